The number of thiophene rings is 1. The Kier molecular flexibility index (Phi) is 11.6. The van der Waals surface area contributed by atoms with E-state index in [0.29, 0.717) is 36.9 Å². The molecule has 0 spiro atoms. The van der Waals surface area contributed by atoms with Gasteiger partial charge in [0, 0.05) is 36.0 Å². The second-order valence-corrected chi connectivity index (χ2v) is 7.03. The number of carbonyl (C=O) groups excluding carboxylic acids is 1. The number of rotatable bonds is 9. The summed E-state index contributed by atoms with van der Waals surface area (Å²) < 4.78 is 5.15. The Labute approximate surface area is 188 Å². The lowest BCUT2D eigenvalue weighted by atomic mass is 10.1. The number of ether oxygens (including phenoxy) is 1. The Morgan fingerprint density at radius 1 is 1.18 bits per heavy atom. The smallest absolute Gasteiger partial charge is 0.251 e. The summed E-state index contributed by atoms with van der Waals surface area (Å²) in [5, 5.41) is 11.5. The van der Waals surface area contributed by atoms with Crippen molar-refractivity contribution in [2.24, 2.45) is 4.99 Å². The first kappa shape index (κ1) is 24.2. The number of nitrogens with zero attached hydrogens (tertiary/aromatic N) is 1. The molecule has 1 aromatic carbocycles. The molecule has 28 heavy (non-hydrogen) atoms. The maximum absolute atomic E-state index is 12.2. The van der Waals surface area contributed by atoms with E-state index in [1.165, 1.54) is 4.88 Å². The van der Waals surface area contributed by atoms with Crippen LogP contribution in [0.2, 0.25) is 0 Å². The van der Waals surface area contributed by atoms with E-state index in [1.54, 1.807) is 36.6 Å². The molecule has 1 amide bonds. The van der Waals surface area contributed by atoms with Gasteiger partial charge in [-0.1, -0.05) is 19.1 Å². The molecule has 0 saturated heterocycles. The Bertz CT molecular complexity index is 738. The van der Waals surface area contributed by atoms with Crippen LogP contribution in [0.25, 0.3) is 0 Å². The summed E-state index contributed by atoms with van der Waals surface area (Å²) in [6.07, 6.45) is 0. The molecule has 154 valence electrons. The molecule has 8 heteroatoms. The molecular formula is C20H29IN4O2S. The van der Waals surface area contributed by atoms with Gasteiger partial charge in [-0.25, -0.2) is 0 Å². The van der Waals surface area contributed by atoms with Gasteiger partial charge in [0.05, 0.1) is 13.7 Å². The maximum Gasteiger partial charge on any atom is 0.251 e. The van der Waals surface area contributed by atoms with Gasteiger partial charge in [-0.3, -0.25) is 9.79 Å². The Hall–Kier alpha value is -1.81. The highest BCUT2D eigenvalue weighted by atomic mass is 127. The molecule has 3 N–H and O–H groups in total. The Morgan fingerprint density at radius 2 is 1.96 bits per heavy atom. The second-order valence-electron chi connectivity index (χ2n) is 6.05. The number of methoxy groups -OCH3 is 1. The van der Waals surface area contributed by atoms with Crippen LogP contribution in [0.5, 0.6) is 5.75 Å². The zero-order valence-corrected chi connectivity index (χ0v) is 19.7. The van der Waals surface area contributed by atoms with Crippen LogP contribution in [0.15, 0.2) is 46.8 Å². The maximum atomic E-state index is 12.2. The van der Waals surface area contributed by atoms with E-state index in [0.717, 1.165) is 12.5 Å². The molecule has 1 unspecified atom stereocenters. The number of aliphatic imine (C=N–C) groups is 1. The average Bonchev–Trinajstić information content (AvgIpc) is 3.23. The van der Waals surface area contributed by atoms with Crippen molar-refractivity contribution in [1.29, 1.82) is 0 Å². The van der Waals surface area contributed by atoms with Crippen molar-refractivity contribution in [3.05, 3.63) is 52.2 Å². The molecular weight excluding hydrogens is 487 g/mol. The molecule has 0 aliphatic carbocycles. The van der Waals surface area contributed by atoms with Crippen molar-refractivity contribution >= 4 is 47.2 Å². The summed E-state index contributed by atoms with van der Waals surface area (Å²) >= 11 is 1.75. The van der Waals surface area contributed by atoms with E-state index < -0.39 is 0 Å². The van der Waals surface area contributed by atoms with E-state index >= 15 is 0 Å². The number of halogens is 1. The number of amides is 1. The largest absolute Gasteiger partial charge is 0.497 e. The fraction of sp³-hybridized carbons (Fsp3) is 0.400. The molecule has 6 nitrogen and oxygen atoms in total. The van der Waals surface area contributed by atoms with Crippen LogP contribution in [0.3, 0.4) is 0 Å². The molecule has 2 aromatic rings. The van der Waals surface area contributed by atoms with Crippen LogP contribution in [-0.2, 0) is 0 Å². The minimum Gasteiger partial charge on any atom is -0.497 e. The summed E-state index contributed by atoms with van der Waals surface area (Å²) in [5.41, 5.74) is 0.583. The third kappa shape index (κ3) is 8.05. The van der Waals surface area contributed by atoms with Gasteiger partial charge in [0.25, 0.3) is 5.91 Å². The third-order valence-electron chi connectivity index (χ3n) is 3.93. The van der Waals surface area contributed by atoms with E-state index in [9.17, 15) is 4.79 Å². The predicted molar refractivity (Wildman–Crippen MR) is 127 cm³/mol. The molecule has 0 aliphatic rings. The van der Waals surface area contributed by atoms with Crippen molar-refractivity contribution in [2.45, 2.75) is 19.8 Å². The topological polar surface area (TPSA) is 74.8 Å². The van der Waals surface area contributed by atoms with Gasteiger partial charge in [0.2, 0.25) is 0 Å². The van der Waals surface area contributed by atoms with Crippen LogP contribution < -0.4 is 20.7 Å². The molecule has 1 aromatic heterocycles. The van der Waals surface area contributed by atoms with Gasteiger partial charge >= 0.3 is 0 Å². The van der Waals surface area contributed by atoms with Crippen LogP contribution in [-0.4, -0.2) is 45.2 Å². The van der Waals surface area contributed by atoms with Gasteiger partial charge in [0.1, 0.15) is 5.75 Å². The van der Waals surface area contributed by atoms with Crippen molar-refractivity contribution in [3.8, 4) is 5.75 Å². The summed E-state index contributed by atoms with van der Waals surface area (Å²) in [6, 6.07) is 11.3. The Morgan fingerprint density at radius 3 is 2.64 bits per heavy atom. The van der Waals surface area contributed by atoms with E-state index in [1.807, 2.05) is 13.0 Å². The highest BCUT2D eigenvalue weighted by molar-refractivity contribution is 14.0. The molecule has 0 fully saturated rings. The monoisotopic (exact) mass is 516 g/mol. The zero-order chi connectivity index (χ0) is 19.5. The zero-order valence-electron chi connectivity index (χ0n) is 16.5. The van der Waals surface area contributed by atoms with Gasteiger partial charge in [-0.05, 0) is 36.6 Å². The first-order chi connectivity index (χ1) is 13.1. The molecule has 1 atom stereocenters. The van der Waals surface area contributed by atoms with Gasteiger partial charge in [-0.15, -0.1) is 35.3 Å². The lowest BCUT2D eigenvalue weighted by molar-refractivity contribution is 0.0954. The molecule has 0 bridgehead atoms. The minimum atomic E-state index is -0.121. The quantitative estimate of drug-likeness (QED) is 0.207. The number of hydrogen-bond donors (Lipinski definition) is 3. The number of benzene rings is 1. The van der Waals surface area contributed by atoms with E-state index in [2.05, 4.69) is 45.4 Å². The summed E-state index contributed by atoms with van der Waals surface area (Å²) in [6.45, 7) is 6.80. The lowest BCUT2D eigenvalue weighted by Gasteiger charge is -2.13. The van der Waals surface area contributed by atoms with Crippen LogP contribution in [0, 0.1) is 0 Å². The SMILES string of the molecule is CCNC(=NCC(C)c1cccs1)NCCNC(=O)c1cccc(OC)c1.I. The second kappa shape index (κ2) is 13.4. The van der Waals surface area contributed by atoms with Crippen molar-refractivity contribution in [2.75, 3.05) is 33.3 Å². The average molecular weight is 516 g/mol. The number of hydrogen-bond acceptors (Lipinski definition) is 4. The van der Waals surface area contributed by atoms with Crippen LogP contribution in [0.4, 0.5) is 0 Å². The first-order valence-electron chi connectivity index (χ1n) is 9.11. The third-order valence-corrected chi connectivity index (χ3v) is 5.04. The predicted octanol–water partition coefficient (Wildman–Crippen LogP) is 3.46. The highest BCUT2D eigenvalue weighted by Crippen LogP contribution is 2.20. The number of nitrogens with one attached hydrogen (secondary N) is 3. The molecule has 1 heterocycles. The highest BCUT2D eigenvalue weighted by Gasteiger charge is 2.08. The van der Waals surface area contributed by atoms with Crippen LogP contribution >= 0.6 is 35.3 Å². The fourth-order valence-electron chi connectivity index (χ4n) is 2.45. The fourth-order valence-corrected chi connectivity index (χ4v) is 3.23. The first-order valence-corrected chi connectivity index (χ1v) is 9.99. The van der Waals surface area contributed by atoms with Crippen LogP contribution in [0.1, 0.15) is 35.0 Å². The molecule has 2 rings (SSSR count). The lowest BCUT2D eigenvalue weighted by Crippen LogP contribution is -2.41. The van der Waals surface area contributed by atoms with Gasteiger partial charge < -0.3 is 20.7 Å². The van der Waals surface area contributed by atoms with Gasteiger partial charge in [0.15, 0.2) is 5.96 Å². The summed E-state index contributed by atoms with van der Waals surface area (Å²) in [7, 11) is 1.59. The minimum absolute atomic E-state index is 0. The van der Waals surface area contributed by atoms with Crippen molar-refractivity contribution in [1.82, 2.24) is 16.0 Å². The van der Waals surface area contributed by atoms with E-state index in [4.69, 9.17) is 4.74 Å². The molecule has 0 saturated carbocycles. The van der Waals surface area contributed by atoms with Crippen molar-refractivity contribution < 1.29 is 9.53 Å². The summed E-state index contributed by atoms with van der Waals surface area (Å²) in [4.78, 5) is 18.2. The molecule has 0 radical (unpaired) electrons. The normalized spacial score (nSPS) is 11.9. The Balaban J connectivity index is 0.00000392. The van der Waals surface area contributed by atoms with E-state index in [-0.39, 0.29) is 29.9 Å². The number of guanidine groups is 1. The number of carbonyl (C=O) groups is 1. The van der Waals surface area contributed by atoms with Gasteiger partial charge in [-0.2, -0.15) is 0 Å². The molecule has 0 aliphatic heterocycles. The summed E-state index contributed by atoms with van der Waals surface area (Å²) in [5.74, 6) is 1.69. The standard InChI is InChI=1S/C20H28N4O2S.HI/c1-4-21-20(24-14-15(2)18-9-6-12-27-18)23-11-10-22-19(25)16-7-5-8-17(13-16)26-3;/h5-9,12-13,15H,4,10-11,14H2,1-3H3,(H,22,25)(H2,21,23,24);1H. The van der Waals surface area contributed by atoms with Crippen molar-refractivity contribution in [3.63, 3.8) is 0 Å².